The normalized spacial score (nSPS) is 11.6. The summed E-state index contributed by atoms with van der Waals surface area (Å²) in [5.41, 5.74) is 5.59. The number of nitrogens with zero attached hydrogens (tertiary/aromatic N) is 1. The van der Waals surface area contributed by atoms with Gasteiger partial charge in [0.05, 0.1) is 5.02 Å². The van der Waals surface area contributed by atoms with E-state index in [1.807, 2.05) is 13.8 Å². The van der Waals surface area contributed by atoms with Crippen LogP contribution in [0.15, 0.2) is 12.3 Å². The van der Waals surface area contributed by atoms with E-state index in [1.165, 1.54) is 12.3 Å². The molecule has 90 valence electrons. The van der Waals surface area contributed by atoms with Crippen molar-refractivity contribution in [2.45, 2.75) is 32.2 Å². The number of pyridine rings is 1. The van der Waals surface area contributed by atoms with Crippen LogP contribution in [0.4, 0.5) is 4.39 Å². The second-order valence-electron chi connectivity index (χ2n) is 3.80. The van der Waals surface area contributed by atoms with Gasteiger partial charge in [-0.05, 0) is 18.9 Å². The molecule has 1 aromatic rings. The summed E-state index contributed by atoms with van der Waals surface area (Å²) in [5.74, 6) is -0.622. The SMILES string of the molecule is CCC(N)(CC)COc1ncc(Cl)cc1F. The van der Waals surface area contributed by atoms with Gasteiger partial charge in [-0.15, -0.1) is 0 Å². The van der Waals surface area contributed by atoms with Gasteiger partial charge in [-0.1, -0.05) is 25.4 Å². The van der Waals surface area contributed by atoms with Crippen LogP contribution in [0, 0.1) is 5.82 Å². The van der Waals surface area contributed by atoms with Crippen molar-refractivity contribution in [2.75, 3.05) is 6.61 Å². The van der Waals surface area contributed by atoms with Crippen LogP contribution in [-0.2, 0) is 0 Å². The van der Waals surface area contributed by atoms with Gasteiger partial charge in [-0.3, -0.25) is 0 Å². The van der Waals surface area contributed by atoms with Crippen molar-refractivity contribution in [1.29, 1.82) is 0 Å². The van der Waals surface area contributed by atoms with Crippen LogP contribution in [0.2, 0.25) is 5.02 Å². The smallest absolute Gasteiger partial charge is 0.250 e. The maximum atomic E-state index is 13.3. The van der Waals surface area contributed by atoms with E-state index in [0.717, 1.165) is 12.8 Å². The molecule has 0 aromatic carbocycles. The molecule has 0 fully saturated rings. The third kappa shape index (κ3) is 3.32. The highest BCUT2D eigenvalue weighted by Gasteiger charge is 2.22. The third-order valence-corrected chi connectivity index (χ3v) is 2.89. The van der Waals surface area contributed by atoms with Crippen LogP contribution in [0.1, 0.15) is 26.7 Å². The zero-order valence-electron chi connectivity index (χ0n) is 9.46. The van der Waals surface area contributed by atoms with E-state index < -0.39 is 11.4 Å². The van der Waals surface area contributed by atoms with Gasteiger partial charge in [0.1, 0.15) is 6.61 Å². The van der Waals surface area contributed by atoms with Crippen molar-refractivity contribution < 1.29 is 9.13 Å². The van der Waals surface area contributed by atoms with Crippen LogP contribution in [0.3, 0.4) is 0 Å². The highest BCUT2D eigenvalue weighted by atomic mass is 35.5. The first kappa shape index (κ1) is 13.2. The van der Waals surface area contributed by atoms with Gasteiger partial charge in [0.2, 0.25) is 0 Å². The predicted molar refractivity (Wildman–Crippen MR) is 62.2 cm³/mol. The Balaban J connectivity index is 2.67. The molecule has 16 heavy (non-hydrogen) atoms. The van der Waals surface area contributed by atoms with E-state index in [9.17, 15) is 4.39 Å². The Morgan fingerprint density at radius 2 is 2.12 bits per heavy atom. The number of aromatic nitrogens is 1. The molecule has 0 aliphatic rings. The molecule has 0 atom stereocenters. The molecule has 0 aliphatic carbocycles. The molecule has 1 rings (SSSR count). The van der Waals surface area contributed by atoms with Gasteiger partial charge >= 0.3 is 0 Å². The molecule has 3 nitrogen and oxygen atoms in total. The Morgan fingerprint density at radius 1 is 1.50 bits per heavy atom. The fraction of sp³-hybridized carbons (Fsp3) is 0.545. The van der Waals surface area contributed by atoms with Crippen LogP contribution >= 0.6 is 11.6 Å². The topological polar surface area (TPSA) is 48.1 Å². The van der Waals surface area contributed by atoms with Crippen LogP contribution < -0.4 is 10.5 Å². The highest BCUT2D eigenvalue weighted by molar-refractivity contribution is 6.30. The number of rotatable bonds is 5. The predicted octanol–water partition coefficient (Wildman–Crippen LogP) is 2.77. The Kier molecular flexibility index (Phi) is 4.50. The maximum absolute atomic E-state index is 13.3. The number of nitrogens with two attached hydrogens (primary N) is 1. The average molecular weight is 247 g/mol. The molecular weight excluding hydrogens is 231 g/mol. The van der Waals surface area contributed by atoms with E-state index in [0.29, 0.717) is 0 Å². The van der Waals surface area contributed by atoms with E-state index in [-0.39, 0.29) is 17.5 Å². The first-order chi connectivity index (χ1) is 7.50. The summed E-state index contributed by atoms with van der Waals surface area (Å²) < 4.78 is 18.6. The molecule has 0 radical (unpaired) electrons. The lowest BCUT2D eigenvalue weighted by Crippen LogP contribution is -2.44. The lowest BCUT2D eigenvalue weighted by Gasteiger charge is -2.26. The molecule has 0 spiro atoms. The Morgan fingerprint density at radius 3 is 2.62 bits per heavy atom. The van der Waals surface area contributed by atoms with Crippen molar-refractivity contribution in [3.8, 4) is 5.88 Å². The Hall–Kier alpha value is -0.870. The maximum Gasteiger partial charge on any atom is 0.250 e. The summed E-state index contributed by atoms with van der Waals surface area (Å²) in [6.45, 7) is 4.18. The Bertz CT molecular complexity index is 356. The fourth-order valence-electron chi connectivity index (χ4n) is 1.17. The third-order valence-electron chi connectivity index (χ3n) is 2.68. The van der Waals surface area contributed by atoms with Crippen molar-refractivity contribution in [2.24, 2.45) is 5.73 Å². The minimum atomic E-state index is -0.568. The first-order valence-electron chi connectivity index (χ1n) is 5.23. The molecule has 0 saturated heterocycles. The molecule has 2 N–H and O–H groups in total. The summed E-state index contributed by atoms with van der Waals surface area (Å²) >= 11 is 5.58. The number of hydrogen-bond donors (Lipinski definition) is 1. The van der Waals surface area contributed by atoms with Gasteiger partial charge in [-0.25, -0.2) is 9.37 Å². The van der Waals surface area contributed by atoms with Crippen LogP contribution in [-0.4, -0.2) is 17.1 Å². The number of halogens is 2. The fourth-order valence-corrected chi connectivity index (χ4v) is 1.32. The van der Waals surface area contributed by atoms with E-state index in [2.05, 4.69) is 4.98 Å². The average Bonchev–Trinajstić information content (AvgIpc) is 2.27. The summed E-state index contributed by atoms with van der Waals surface area (Å²) in [6.07, 6.45) is 2.87. The minimum absolute atomic E-state index is 0.0545. The zero-order chi connectivity index (χ0) is 12.2. The quantitative estimate of drug-likeness (QED) is 0.869. The van der Waals surface area contributed by atoms with E-state index in [4.69, 9.17) is 22.1 Å². The molecule has 5 heteroatoms. The second kappa shape index (κ2) is 5.46. The summed E-state index contributed by atoms with van der Waals surface area (Å²) in [4.78, 5) is 3.76. The number of hydrogen-bond acceptors (Lipinski definition) is 3. The minimum Gasteiger partial charge on any atom is -0.474 e. The van der Waals surface area contributed by atoms with E-state index >= 15 is 0 Å². The van der Waals surface area contributed by atoms with E-state index in [1.54, 1.807) is 0 Å². The molecule has 0 amide bonds. The van der Waals surface area contributed by atoms with Crippen molar-refractivity contribution in [1.82, 2.24) is 4.98 Å². The summed E-state index contributed by atoms with van der Waals surface area (Å²) in [6, 6.07) is 1.17. The highest BCUT2D eigenvalue weighted by Crippen LogP contribution is 2.19. The van der Waals surface area contributed by atoms with Crippen molar-refractivity contribution in [3.05, 3.63) is 23.1 Å². The summed E-state index contributed by atoms with van der Waals surface area (Å²) in [5, 5.41) is 0.245. The monoisotopic (exact) mass is 246 g/mol. The lowest BCUT2D eigenvalue weighted by molar-refractivity contribution is 0.193. The van der Waals surface area contributed by atoms with Gasteiger partial charge in [0, 0.05) is 11.7 Å². The summed E-state index contributed by atoms with van der Waals surface area (Å²) in [7, 11) is 0. The molecular formula is C11H16ClFN2O. The standard InChI is InChI=1S/C11H16ClFN2O/c1-3-11(14,4-2)7-16-10-9(13)5-8(12)6-15-10/h5-6H,3-4,7,14H2,1-2H3. The van der Waals surface area contributed by atoms with Gasteiger partial charge in [0.25, 0.3) is 5.88 Å². The van der Waals surface area contributed by atoms with Gasteiger partial charge in [-0.2, -0.15) is 0 Å². The Labute approximate surface area is 99.8 Å². The zero-order valence-corrected chi connectivity index (χ0v) is 10.2. The largest absolute Gasteiger partial charge is 0.474 e. The lowest BCUT2D eigenvalue weighted by atomic mass is 9.96. The first-order valence-corrected chi connectivity index (χ1v) is 5.61. The second-order valence-corrected chi connectivity index (χ2v) is 4.24. The molecule has 0 aliphatic heterocycles. The van der Waals surface area contributed by atoms with Crippen LogP contribution in [0.5, 0.6) is 5.88 Å². The molecule has 0 bridgehead atoms. The van der Waals surface area contributed by atoms with Crippen LogP contribution in [0.25, 0.3) is 0 Å². The molecule has 1 aromatic heterocycles. The number of ether oxygens (including phenoxy) is 1. The van der Waals surface area contributed by atoms with Crippen molar-refractivity contribution >= 4 is 11.6 Å². The van der Waals surface area contributed by atoms with Gasteiger partial charge < -0.3 is 10.5 Å². The van der Waals surface area contributed by atoms with Crippen molar-refractivity contribution in [3.63, 3.8) is 0 Å². The molecule has 1 heterocycles. The van der Waals surface area contributed by atoms with Gasteiger partial charge in [0.15, 0.2) is 5.82 Å². The molecule has 0 saturated carbocycles. The molecule has 0 unspecified atom stereocenters.